The van der Waals surface area contributed by atoms with E-state index in [0.29, 0.717) is 25.1 Å². The Bertz CT molecular complexity index is 557. The molecule has 0 aromatic heterocycles. The Labute approximate surface area is 129 Å². The Morgan fingerprint density at radius 3 is 2.82 bits per heavy atom. The monoisotopic (exact) mass is 303 g/mol. The minimum Gasteiger partial charge on any atom is -0.493 e. The standard InChI is InChI=1S/C17H21NO4/c1-18-9-13-14(19)8-7-12-16(20)15(10-21-17(12)13)22-11-5-3-2-4-6-11/h2-6,10,12-14,17-19H,7-9H2,1H3. The third-order valence-electron chi connectivity index (χ3n) is 4.41. The topological polar surface area (TPSA) is 67.8 Å². The summed E-state index contributed by atoms with van der Waals surface area (Å²) in [5, 5.41) is 13.2. The van der Waals surface area contributed by atoms with Crippen LogP contribution in [0, 0.1) is 11.8 Å². The molecule has 0 saturated heterocycles. The number of ether oxygens (including phenoxy) is 2. The van der Waals surface area contributed by atoms with Crippen molar-refractivity contribution in [2.45, 2.75) is 25.0 Å². The van der Waals surface area contributed by atoms with Crippen LogP contribution < -0.4 is 10.1 Å². The van der Waals surface area contributed by atoms with Crippen molar-refractivity contribution in [1.29, 1.82) is 0 Å². The van der Waals surface area contributed by atoms with Crippen LogP contribution >= 0.6 is 0 Å². The van der Waals surface area contributed by atoms with Crippen molar-refractivity contribution in [1.82, 2.24) is 5.32 Å². The first-order chi connectivity index (χ1) is 10.7. The third kappa shape index (κ3) is 2.87. The summed E-state index contributed by atoms with van der Waals surface area (Å²) in [6.07, 6.45) is 1.91. The van der Waals surface area contributed by atoms with Gasteiger partial charge in [0.1, 0.15) is 18.1 Å². The number of hydrogen-bond donors (Lipinski definition) is 2. The molecule has 2 N–H and O–H groups in total. The maximum atomic E-state index is 12.6. The lowest BCUT2D eigenvalue weighted by atomic mass is 9.74. The number of rotatable bonds is 4. The van der Waals surface area contributed by atoms with Crippen LogP contribution in [0.3, 0.4) is 0 Å². The number of carbonyl (C=O) groups is 1. The van der Waals surface area contributed by atoms with E-state index in [-0.39, 0.29) is 29.5 Å². The maximum Gasteiger partial charge on any atom is 0.208 e. The fraction of sp³-hybridized carbons (Fsp3) is 0.471. The van der Waals surface area contributed by atoms with Crippen LogP contribution in [0.25, 0.3) is 0 Å². The van der Waals surface area contributed by atoms with Crippen molar-refractivity contribution in [2.24, 2.45) is 11.8 Å². The number of Topliss-reactive ketones (excluding diaryl/α,β-unsaturated/α-hetero) is 1. The van der Waals surface area contributed by atoms with Crippen LogP contribution in [0.2, 0.25) is 0 Å². The molecule has 2 aliphatic rings. The van der Waals surface area contributed by atoms with Crippen LogP contribution in [0.15, 0.2) is 42.4 Å². The van der Waals surface area contributed by atoms with Crippen molar-refractivity contribution in [3.63, 3.8) is 0 Å². The highest BCUT2D eigenvalue weighted by Gasteiger charge is 2.46. The van der Waals surface area contributed by atoms with E-state index in [1.54, 1.807) is 12.1 Å². The van der Waals surface area contributed by atoms with Gasteiger partial charge in [-0.25, -0.2) is 0 Å². The molecule has 1 aromatic carbocycles. The van der Waals surface area contributed by atoms with E-state index in [9.17, 15) is 9.90 Å². The summed E-state index contributed by atoms with van der Waals surface area (Å²) in [4.78, 5) is 12.6. The zero-order valence-electron chi connectivity index (χ0n) is 12.6. The summed E-state index contributed by atoms with van der Waals surface area (Å²) in [5.74, 6) is 0.500. The highest BCUT2D eigenvalue weighted by atomic mass is 16.5. The molecule has 1 aliphatic carbocycles. The molecule has 5 heteroatoms. The number of hydrogen-bond acceptors (Lipinski definition) is 5. The fourth-order valence-corrected chi connectivity index (χ4v) is 3.28. The lowest BCUT2D eigenvalue weighted by molar-refractivity contribution is -0.138. The van der Waals surface area contributed by atoms with Gasteiger partial charge < -0.3 is 19.9 Å². The maximum absolute atomic E-state index is 12.6. The molecule has 1 aliphatic heterocycles. The summed E-state index contributed by atoms with van der Waals surface area (Å²) in [5.41, 5.74) is 0. The van der Waals surface area contributed by atoms with E-state index >= 15 is 0 Å². The quantitative estimate of drug-likeness (QED) is 0.882. The Balaban J connectivity index is 1.77. The second-order valence-corrected chi connectivity index (χ2v) is 5.83. The summed E-state index contributed by atoms with van der Waals surface area (Å²) in [7, 11) is 1.83. The highest BCUT2D eigenvalue weighted by Crippen LogP contribution is 2.37. The first-order valence-corrected chi connectivity index (χ1v) is 7.66. The Morgan fingerprint density at radius 2 is 2.09 bits per heavy atom. The first kappa shape index (κ1) is 15.1. The van der Waals surface area contributed by atoms with E-state index in [1.165, 1.54) is 6.26 Å². The largest absolute Gasteiger partial charge is 0.493 e. The second-order valence-electron chi connectivity index (χ2n) is 5.83. The van der Waals surface area contributed by atoms with Crippen molar-refractivity contribution < 1.29 is 19.4 Å². The van der Waals surface area contributed by atoms with E-state index in [1.807, 2.05) is 25.2 Å². The molecule has 3 rings (SSSR count). The Hall–Kier alpha value is -1.85. The van der Waals surface area contributed by atoms with Gasteiger partial charge in [-0.05, 0) is 32.0 Å². The summed E-state index contributed by atoms with van der Waals surface area (Å²) >= 11 is 0. The van der Waals surface area contributed by atoms with Gasteiger partial charge in [0.25, 0.3) is 0 Å². The molecule has 1 fully saturated rings. The molecule has 5 nitrogen and oxygen atoms in total. The zero-order valence-corrected chi connectivity index (χ0v) is 12.6. The SMILES string of the molecule is CNCC1C(O)CCC2C(=O)C(Oc3ccccc3)=COC21. The van der Waals surface area contributed by atoms with Gasteiger partial charge in [-0.3, -0.25) is 4.79 Å². The molecule has 1 heterocycles. The number of ketones is 1. The Morgan fingerprint density at radius 1 is 1.32 bits per heavy atom. The van der Waals surface area contributed by atoms with Gasteiger partial charge in [-0.2, -0.15) is 0 Å². The van der Waals surface area contributed by atoms with Gasteiger partial charge in [0.05, 0.1) is 12.0 Å². The number of benzene rings is 1. The molecule has 1 saturated carbocycles. The van der Waals surface area contributed by atoms with Gasteiger partial charge in [0.15, 0.2) is 0 Å². The predicted octanol–water partition coefficient (Wildman–Crippen LogP) is 1.48. The van der Waals surface area contributed by atoms with Crippen LogP contribution in [0.1, 0.15) is 12.8 Å². The summed E-state index contributed by atoms with van der Waals surface area (Å²) < 4.78 is 11.4. The van der Waals surface area contributed by atoms with E-state index < -0.39 is 6.10 Å². The van der Waals surface area contributed by atoms with E-state index in [4.69, 9.17) is 9.47 Å². The van der Waals surface area contributed by atoms with Gasteiger partial charge in [0, 0.05) is 12.5 Å². The molecule has 0 spiro atoms. The highest BCUT2D eigenvalue weighted by molar-refractivity contribution is 5.96. The normalized spacial score (nSPS) is 31.0. The third-order valence-corrected chi connectivity index (χ3v) is 4.41. The van der Waals surface area contributed by atoms with Gasteiger partial charge >= 0.3 is 0 Å². The van der Waals surface area contributed by atoms with Crippen molar-refractivity contribution in [3.8, 4) is 5.75 Å². The molecule has 118 valence electrons. The lowest BCUT2D eigenvalue weighted by Crippen LogP contribution is -2.51. The molecular formula is C17H21NO4. The minimum absolute atomic E-state index is 0.0342. The van der Waals surface area contributed by atoms with Gasteiger partial charge in [-0.15, -0.1) is 0 Å². The van der Waals surface area contributed by atoms with Crippen LogP contribution in [-0.2, 0) is 9.53 Å². The minimum atomic E-state index is -0.438. The van der Waals surface area contributed by atoms with Crippen LogP contribution in [-0.4, -0.2) is 36.7 Å². The fourth-order valence-electron chi connectivity index (χ4n) is 3.28. The molecule has 0 amide bonds. The summed E-state index contributed by atoms with van der Waals surface area (Å²) in [6.45, 7) is 0.623. The van der Waals surface area contributed by atoms with Crippen molar-refractivity contribution in [3.05, 3.63) is 42.4 Å². The van der Waals surface area contributed by atoms with Crippen LogP contribution in [0.4, 0.5) is 0 Å². The first-order valence-electron chi connectivity index (χ1n) is 7.66. The number of aliphatic hydroxyl groups is 1. The van der Waals surface area contributed by atoms with Gasteiger partial charge in [-0.1, -0.05) is 18.2 Å². The number of allylic oxidation sites excluding steroid dienone is 1. The smallest absolute Gasteiger partial charge is 0.208 e. The molecule has 1 aromatic rings. The van der Waals surface area contributed by atoms with E-state index in [0.717, 1.165) is 0 Å². The molecule has 4 atom stereocenters. The number of nitrogens with one attached hydrogen (secondary N) is 1. The number of aliphatic hydroxyl groups excluding tert-OH is 1. The molecule has 22 heavy (non-hydrogen) atoms. The number of fused-ring (bicyclic) bond motifs is 1. The van der Waals surface area contributed by atoms with Crippen molar-refractivity contribution in [2.75, 3.05) is 13.6 Å². The number of carbonyl (C=O) groups excluding carboxylic acids is 1. The predicted molar refractivity (Wildman–Crippen MR) is 81.2 cm³/mol. The lowest BCUT2D eigenvalue weighted by Gasteiger charge is -2.41. The molecular weight excluding hydrogens is 282 g/mol. The summed E-state index contributed by atoms with van der Waals surface area (Å²) in [6, 6.07) is 9.20. The average molecular weight is 303 g/mol. The van der Waals surface area contributed by atoms with Crippen LogP contribution in [0.5, 0.6) is 5.75 Å². The number of para-hydroxylation sites is 1. The molecule has 0 bridgehead atoms. The second kappa shape index (κ2) is 6.50. The molecule has 0 radical (unpaired) electrons. The zero-order chi connectivity index (χ0) is 15.5. The Kier molecular flexibility index (Phi) is 4.45. The van der Waals surface area contributed by atoms with E-state index in [2.05, 4.69) is 5.32 Å². The molecule has 4 unspecified atom stereocenters. The van der Waals surface area contributed by atoms with Crippen molar-refractivity contribution >= 4 is 5.78 Å². The van der Waals surface area contributed by atoms with Gasteiger partial charge in [0.2, 0.25) is 11.5 Å². The average Bonchev–Trinajstić information content (AvgIpc) is 2.54.